The van der Waals surface area contributed by atoms with Crippen LogP contribution in [0.4, 0.5) is 0 Å². The average molecular weight is 329 g/mol. The van der Waals surface area contributed by atoms with Gasteiger partial charge in [0.15, 0.2) is 0 Å². The molecule has 1 atom stereocenters. The third-order valence-electron chi connectivity index (χ3n) is 4.40. The molecule has 1 aliphatic rings. The lowest BCUT2D eigenvalue weighted by Gasteiger charge is -2.42. The van der Waals surface area contributed by atoms with Crippen molar-refractivity contribution in [1.82, 2.24) is 14.5 Å². The maximum Gasteiger partial charge on any atom is 0.224 e. The van der Waals surface area contributed by atoms with Gasteiger partial charge in [-0.1, -0.05) is 30.3 Å². The highest BCUT2D eigenvalue weighted by Crippen LogP contribution is 2.23. The highest BCUT2D eigenvalue weighted by Gasteiger charge is 2.37. The molecule has 0 aliphatic carbocycles. The van der Waals surface area contributed by atoms with Crippen molar-refractivity contribution in [1.29, 1.82) is 0 Å². The van der Waals surface area contributed by atoms with E-state index in [2.05, 4.69) is 4.98 Å². The summed E-state index contributed by atoms with van der Waals surface area (Å²) in [6.45, 7) is 1.94. The largest absolute Gasteiger partial charge is 0.393 e. The van der Waals surface area contributed by atoms with Crippen LogP contribution in [0, 0.1) is 0 Å². The van der Waals surface area contributed by atoms with Crippen molar-refractivity contribution >= 4 is 5.91 Å². The summed E-state index contributed by atoms with van der Waals surface area (Å²) in [4.78, 5) is 18.3. The standard InChI is InChI=1S/C18H23N3O3/c22-14-18(12-16-4-2-1-3-5-16)13-21(10-11-24-18)17(23)6-8-20-9-7-19-15-20/h1-5,7,9,15,22H,6,8,10-14H2/t18-/m0/s1. The molecule has 3 rings (SSSR count). The summed E-state index contributed by atoms with van der Waals surface area (Å²) in [6, 6.07) is 9.93. The average Bonchev–Trinajstić information content (AvgIpc) is 3.14. The predicted octanol–water partition coefficient (Wildman–Crippen LogP) is 1.11. The first-order chi connectivity index (χ1) is 11.7. The van der Waals surface area contributed by atoms with E-state index in [1.54, 1.807) is 17.4 Å². The van der Waals surface area contributed by atoms with E-state index in [1.807, 2.05) is 41.1 Å². The molecular formula is C18H23N3O3. The zero-order valence-corrected chi connectivity index (χ0v) is 13.7. The molecule has 1 aliphatic heterocycles. The number of aromatic nitrogens is 2. The van der Waals surface area contributed by atoms with Crippen molar-refractivity contribution in [2.45, 2.75) is 25.0 Å². The van der Waals surface area contributed by atoms with Crippen molar-refractivity contribution in [2.24, 2.45) is 0 Å². The first-order valence-electron chi connectivity index (χ1n) is 8.23. The molecule has 0 bridgehead atoms. The van der Waals surface area contributed by atoms with E-state index in [4.69, 9.17) is 4.74 Å². The lowest BCUT2D eigenvalue weighted by molar-refractivity contribution is -0.158. The fraction of sp³-hybridized carbons (Fsp3) is 0.444. The van der Waals surface area contributed by atoms with Crippen LogP contribution in [-0.2, 0) is 22.5 Å². The molecule has 24 heavy (non-hydrogen) atoms. The lowest BCUT2D eigenvalue weighted by atomic mass is 9.93. The van der Waals surface area contributed by atoms with Crippen LogP contribution in [0.15, 0.2) is 49.1 Å². The molecule has 1 saturated heterocycles. The first-order valence-corrected chi connectivity index (χ1v) is 8.23. The minimum Gasteiger partial charge on any atom is -0.393 e. The van der Waals surface area contributed by atoms with Crippen LogP contribution in [0.3, 0.4) is 0 Å². The number of aliphatic hydroxyl groups excluding tert-OH is 1. The SMILES string of the molecule is O=C(CCn1ccnc1)N1CCO[C@@](CO)(Cc2ccccc2)C1. The van der Waals surface area contributed by atoms with Gasteiger partial charge in [-0.05, 0) is 5.56 Å². The number of ether oxygens (including phenoxy) is 1. The van der Waals surface area contributed by atoms with Crippen molar-refractivity contribution in [3.63, 3.8) is 0 Å². The van der Waals surface area contributed by atoms with E-state index in [-0.39, 0.29) is 12.5 Å². The van der Waals surface area contributed by atoms with Crippen molar-refractivity contribution < 1.29 is 14.6 Å². The van der Waals surface area contributed by atoms with Gasteiger partial charge in [0.1, 0.15) is 5.60 Å². The van der Waals surface area contributed by atoms with E-state index in [1.165, 1.54) is 0 Å². The van der Waals surface area contributed by atoms with Gasteiger partial charge in [-0.15, -0.1) is 0 Å². The van der Waals surface area contributed by atoms with Crippen LogP contribution in [0.25, 0.3) is 0 Å². The van der Waals surface area contributed by atoms with Crippen LogP contribution < -0.4 is 0 Å². The maximum atomic E-state index is 12.5. The highest BCUT2D eigenvalue weighted by atomic mass is 16.5. The Morgan fingerprint density at radius 2 is 2.17 bits per heavy atom. The third kappa shape index (κ3) is 4.01. The van der Waals surface area contributed by atoms with Gasteiger partial charge in [-0.3, -0.25) is 4.79 Å². The Bertz CT molecular complexity index is 645. The molecule has 2 heterocycles. The molecular weight excluding hydrogens is 306 g/mol. The number of rotatable bonds is 6. The quantitative estimate of drug-likeness (QED) is 0.862. The van der Waals surface area contributed by atoms with E-state index < -0.39 is 5.60 Å². The van der Waals surface area contributed by atoms with Crippen LogP contribution in [-0.4, -0.2) is 57.4 Å². The second kappa shape index (κ2) is 7.59. The third-order valence-corrected chi connectivity index (χ3v) is 4.40. The minimum atomic E-state index is -0.718. The molecule has 0 saturated carbocycles. The summed E-state index contributed by atoms with van der Waals surface area (Å²) < 4.78 is 7.78. The second-order valence-electron chi connectivity index (χ2n) is 6.22. The topological polar surface area (TPSA) is 67.6 Å². The van der Waals surface area contributed by atoms with Crippen LogP contribution in [0.5, 0.6) is 0 Å². The van der Waals surface area contributed by atoms with Gasteiger partial charge in [0.2, 0.25) is 5.91 Å². The molecule has 6 nitrogen and oxygen atoms in total. The molecule has 6 heteroatoms. The van der Waals surface area contributed by atoms with Gasteiger partial charge in [-0.2, -0.15) is 0 Å². The van der Waals surface area contributed by atoms with Gasteiger partial charge < -0.3 is 19.3 Å². The molecule has 1 aromatic carbocycles. The number of carbonyl (C=O) groups excluding carboxylic acids is 1. The molecule has 1 N–H and O–H groups in total. The number of hydrogen-bond acceptors (Lipinski definition) is 4. The number of imidazole rings is 1. The number of aryl methyl sites for hydroxylation is 1. The van der Waals surface area contributed by atoms with E-state index in [9.17, 15) is 9.90 Å². The van der Waals surface area contributed by atoms with Crippen molar-refractivity contribution in [3.8, 4) is 0 Å². The van der Waals surface area contributed by atoms with E-state index in [0.717, 1.165) is 5.56 Å². The van der Waals surface area contributed by atoms with Crippen LogP contribution in [0.1, 0.15) is 12.0 Å². The smallest absolute Gasteiger partial charge is 0.224 e. The first kappa shape index (κ1) is 16.7. The van der Waals surface area contributed by atoms with Gasteiger partial charge >= 0.3 is 0 Å². The Kier molecular flexibility index (Phi) is 5.27. The molecule has 1 aromatic heterocycles. The molecule has 0 spiro atoms. The summed E-state index contributed by atoms with van der Waals surface area (Å²) in [7, 11) is 0. The second-order valence-corrected chi connectivity index (χ2v) is 6.22. The number of morpholine rings is 1. The molecule has 1 fully saturated rings. The molecule has 0 radical (unpaired) electrons. The molecule has 128 valence electrons. The maximum absolute atomic E-state index is 12.5. The van der Waals surface area contributed by atoms with Gasteiger partial charge in [0.05, 0.1) is 26.1 Å². The van der Waals surface area contributed by atoms with Crippen molar-refractivity contribution in [3.05, 3.63) is 54.6 Å². The zero-order chi connectivity index (χ0) is 16.8. The monoisotopic (exact) mass is 329 g/mol. The Morgan fingerprint density at radius 1 is 1.33 bits per heavy atom. The summed E-state index contributed by atoms with van der Waals surface area (Å²) in [5, 5.41) is 9.91. The highest BCUT2D eigenvalue weighted by molar-refractivity contribution is 5.76. The van der Waals surface area contributed by atoms with Crippen LogP contribution in [0.2, 0.25) is 0 Å². The molecule has 0 unspecified atom stereocenters. The number of amides is 1. The summed E-state index contributed by atoms with van der Waals surface area (Å²) >= 11 is 0. The van der Waals surface area contributed by atoms with Gasteiger partial charge in [0.25, 0.3) is 0 Å². The fourth-order valence-electron chi connectivity index (χ4n) is 3.09. The van der Waals surface area contributed by atoms with Crippen molar-refractivity contribution in [2.75, 3.05) is 26.3 Å². The summed E-state index contributed by atoms with van der Waals surface area (Å²) in [6.07, 6.45) is 6.27. The van der Waals surface area contributed by atoms with Gasteiger partial charge in [-0.25, -0.2) is 4.98 Å². The summed E-state index contributed by atoms with van der Waals surface area (Å²) in [5.74, 6) is 0.0814. The normalized spacial score (nSPS) is 21.0. The predicted molar refractivity (Wildman–Crippen MR) is 89.3 cm³/mol. The Morgan fingerprint density at radius 3 is 2.88 bits per heavy atom. The number of benzene rings is 1. The van der Waals surface area contributed by atoms with E-state index in [0.29, 0.717) is 39.1 Å². The van der Waals surface area contributed by atoms with Gasteiger partial charge in [0, 0.05) is 38.3 Å². The molecule has 2 aromatic rings. The Labute approximate surface area is 141 Å². The number of nitrogens with zero attached hydrogens (tertiary/aromatic N) is 3. The Hall–Kier alpha value is -2.18. The fourth-order valence-corrected chi connectivity index (χ4v) is 3.09. The van der Waals surface area contributed by atoms with E-state index >= 15 is 0 Å². The molecule has 1 amide bonds. The number of carbonyl (C=O) groups is 1. The lowest BCUT2D eigenvalue weighted by Crippen LogP contribution is -2.56. The minimum absolute atomic E-state index is 0.0814. The van der Waals surface area contributed by atoms with Crippen LogP contribution >= 0.6 is 0 Å². The number of hydrogen-bond donors (Lipinski definition) is 1. The number of aliphatic hydroxyl groups is 1. The zero-order valence-electron chi connectivity index (χ0n) is 13.7. The summed E-state index contributed by atoms with van der Waals surface area (Å²) in [5.41, 5.74) is 0.379. The Balaban J connectivity index is 1.62.